The lowest BCUT2D eigenvalue weighted by Crippen LogP contribution is -2.04. The van der Waals surface area contributed by atoms with Crippen LogP contribution in [0.15, 0.2) is 24.9 Å². The van der Waals surface area contributed by atoms with Gasteiger partial charge in [-0.2, -0.15) is 5.10 Å². The van der Waals surface area contributed by atoms with E-state index < -0.39 is 5.97 Å². The fourth-order valence-corrected chi connectivity index (χ4v) is 1.43. The second-order valence-electron chi connectivity index (χ2n) is 3.32. The summed E-state index contributed by atoms with van der Waals surface area (Å²) < 4.78 is 1.38. The van der Waals surface area contributed by atoms with Crippen molar-refractivity contribution >= 4 is 5.97 Å². The van der Waals surface area contributed by atoms with Gasteiger partial charge in [-0.05, 0) is 6.42 Å². The third-order valence-electron chi connectivity index (χ3n) is 2.19. The van der Waals surface area contributed by atoms with Gasteiger partial charge >= 0.3 is 5.97 Å². The van der Waals surface area contributed by atoms with E-state index in [0.717, 1.165) is 0 Å². The maximum absolute atomic E-state index is 11.0. The molecule has 0 radical (unpaired) electrons. The van der Waals surface area contributed by atoms with Crippen LogP contribution < -0.4 is 0 Å². The standard InChI is InChI=1S/C10H10N4O3/c15-2-1-7-5-14(13-9(7)10(16)17)8-3-11-6-12-4-8/h3-6,15H,1-2H2,(H,16,17). The quantitative estimate of drug-likeness (QED) is 0.765. The number of carbonyl (C=O) groups is 1. The molecule has 2 aromatic heterocycles. The largest absolute Gasteiger partial charge is 0.476 e. The summed E-state index contributed by atoms with van der Waals surface area (Å²) in [6.45, 7) is -0.128. The third-order valence-corrected chi connectivity index (χ3v) is 2.19. The lowest BCUT2D eigenvalue weighted by Gasteiger charge is -1.97. The highest BCUT2D eigenvalue weighted by molar-refractivity contribution is 5.87. The Morgan fingerprint density at radius 2 is 2.06 bits per heavy atom. The molecule has 17 heavy (non-hydrogen) atoms. The summed E-state index contributed by atoms with van der Waals surface area (Å²) in [6, 6.07) is 0. The zero-order valence-corrected chi connectivity index (χ0v) is 8.82. The summed E-state index contributed by atoms with van der Waals surface area (Å²) in [5.41, 5.74) is 0.978. The van der Waals surface area contributed by atoms with Crippen LogP contribution in [0.1, 0.15) is 16.1 Å². The maximum atomic E-state index is 11.0. The number of aromatic nitrogens is 4. The summed E-state index contributed by atoms with van der Waals surface area (Å²) >= 11 is 0. The Kier molecular flexibility index (Phi) is 3.10. The molecule has 0 aliphatic heterocycles. The monoisotopic (exact) mass is 234 g/mol. The van der Waals surface area contributed by atoms with Crippen LogP contribution in [0.4, 0.5) is 0 Å². The molecular formula is C10H10N4O3. The molecule has 7 nitrogen and oxygen atoms in total. The van der Waals surface area contributed by atoms with Crippen molar-refractivity contribution in [2.24, 2.45) is 0 Å². The molecule has 0 unspecified atom stereocenters. The third kappa shape index (κ3) is 2.28. The molecule has 0 aliphatic rings. The number of carboxylic acids is 1. The molecule has 0 bridgehead atoms. The molecular weight excluding hydrogens is 224 g/mol. The minimum absolute atomic E-state index is 0.0668. The fraction of sp³-hybridized carbons (Fsp3) is 0.200. The van der Waals surface area contributed by atoms with Crippen LogP contribution in [-0.4, -0.2) is 42.5 Å². The lowest BCUT2D eigenvalue weighted by atomic mass is 10.2. The summed E-state index contributed by atoms with van der Waals surface area (Å²) in [4.78, 5) is 18.6. The summed E-state index contributed by atoms with van der Waals surface area (Å²) in [6.07, 6.45) is 6.22. The van der Waals surface area contributed by atoms with E-state index in [1.165, 1.54) is 23.4 Å². The lowest BCUT2D eigenvalue weighted by molar-refractivity contribution is 0.0688. The highest BCUT2D eigenvalue weighted by Gasteiger charge is 2.15. The zero-order chi connectivity index (χ0) is 12.3. The first kappa shape index (κ1) is 11.2. The smallest absolute Gasteiger partial charge is 0.356 e. The maximum Gasteiger partial charge on any atom is 0.356 e. The van der Waals surface area contributed by atoms with Crippen LogP contribution in [0.25, 0.3) is 5.69 Å². The van der Waals surface area contributed by atoms with Gasteiger partial charge in [-0.1, -0.05) is 0 Å². The van der Waals surface area contributed by atoms with Crippen LogP contribution in [0.5, 0.6) is 0 Å². The van der Waals surface area contributed by atoms with E-state index in [1.54, 1.807) is 6.20 Å². The molecule has 2 rings (SSSR count). The number of aliphatic hydroxyl groups excluding tert-OH is 1. The molecule has 0 aromatic carbocycles. The number of hydrogen-bond acceptors (Lipinski definition) is 5. The Balaban J connectivity index is 2.44. The Labute approximate surface area is 96.4 Å². The SMILES string of the molecule is O=C(O)c1nn(-c2cncnc2)cc1CCO. The molecule has 0 saturated heterocycles. The Hall–Kier alpha value is -2.28. The molecule has 2 heterocycles. The van der Waals surface area contributed by atoms with Crippen LogP contribution in [0.3, 0.4) is 0 Å². The number of nitrogens with zero attached hydrogens (tertiary/aromatic N) is 4. The van der Waals surface area contributed by atoms with Gasteiger partial charge in [0.05, 0.1) is 12.4 Å². The predicted octanol–water partition coefficient (Wildman–Crippen LogP) is -0.105. The van der Waals surface area contributed by atoms with Gasteiger partial charge in [0, 0.05) is 18.4 Å². The summed E-state index contributed by atoms with van der Waals surface area (Å²) in [7, 11) is 0. The van der Waals surface area contributed by atoms with Crippen LogP contribution in [-0.2, 0) is 6.42 Å². The van der Waals surface area contributed by atoms with Crippen molar-refractivity contribution in [1.82, 2.24) is 19.7 Å². The number of rotatable bonds is 4. The Bertz CT molecular complexity index is 524. The van der Waals surface area contributed by atoms with E-state index in [9.17, 15) is 4.79 Å². The van der Waals surface area contributed by atoms with E-state index in [0.29, 0.717) is 11.3 Å². The second kappa shape index (κ2) is 4.71. The minimum atomic E-state index is -1.12. The molecule has 0 amide bonds. The highest BCUT2D eigenvalue weighted by atomic mass is 16.4. The second-order valence-corrected chi connectivity index (χ2v) is 3.32. The molecule has 2 N–H and O–H groups in total. The molecule has 88 valence electrons. The van der Waals surface area contributed by atoms with Crippen LogP contribution >= 0.6 is 0 Å². The van der Waals surface area contributed by atoms with Gasteiger partial charge in [0.1, 0.15) is 12.0 Å². The van der Waals surface area contributed by atoms with Crippen molar-refractivity contribution in [2.45, 2.75) is 6.42 Å². The van der Waals surface area contributed by atoms with Crippen molar-refractivity contribution < 1.29 is 15.0 Å². The minimum Gasteiger partial charge on any atom is -0.476 e. The highest BCUT2D eigenvalue weighted by Crippen LogP contribution is 2.11. The number of hydrogen-bond donors (Lipinski definition) is 2. The van der Waals surface area contributed by atoms with Gasteiger partial charge in [0.2, 0.25) is 0 Å². The number of carboxylic acid groups (broad SMARTS) is 1. The zero-order valence-electron chi connectivity index (χ0n) is 8.82. The molecule has 0 atom stereocenters. The van der Waals surface area contributed by atoms with E-state index in [1.807, 2.05) is 0 Å². The van der Waals surface area contributed by atoms with Crippen molar-refractivity contribution in [3.63, 3.8) is 0 Å². The van der Waals surface area contributed by atoms with Crippen LogP contribution in [0.2, 0.25) is 0 Å². The van der Waals surface area contributed by atoms with Crippen LogP contribution in [0, 0.1) is 0 Å². The van der Waals surface area contributed by atoms with Crippen molar-refractivity contribution in [3.05, 3.63) is 36.2 Å². The van der Waals surface area contributed by atoms with E-state index in [2.05, 4.69) is 15.1 Å². The van der Waals surface area contributed by atoms with Gasteiger partial charge in [-0.3, -0.25) is 0 Å². The van der Waals surface area contributed by atoms with Gasteiger partial charge in [-0.25, -0.2) is 19.4 Å². The van der Waals surface area contributed by atoms with Gasteiger partial charge < -0.3 is 10.2 Å². The molecule has 7 heteroatoms. The number of aliphatic hydroxyl groups is 1. The normalized spacial score (nSPS) is 10.4. The predicted molar refractivity (Wildman–Crippen MR) is 56.9 cm³/mol. The fourth-order valence-electron chi connectivity index (χ4n) is 1.43. The first-order chi connectivity index (χ1) is 8.22. The molecule has 0 spiro atoms. The van der Waals surface area contributed by atoms with Crippen molar-refractivity contribution in [3.8, 4) is 5.69 Å². The molecule has 2 aromatic rings. The average Bonchev–Trinajstić information content (AvgIpc) is 2.75. The molecule has 0 aliphatic carbocycles. The van der Waals surface area contributed by atoms with Gasteiger partial charge in [0.25, 0.3) is 0 Å². The number of aromatic carboxylic acids is 1. The topological polar surface area (TPSA) is 101 Å². The van der Waals surface area contributed by atoms with Gasteiger partial charge in [0.15, 0.2) is 5.69 Å². The van der Waals surface area contributed by atoms with E-state index >= 15 is 0 Å². The van der Waals surface area contributed by atoms with Crippen molar-refractivity contribution in [2.75, 3.05) is 6.61 Å². The Morgan fingerprint density at radius 1 is 1.35 bits per heavy atom. The van der Waals surface area contributed by atoms with E-state index in [4.69, 9.17) is 10.2 Å². The van der Waals surface area contributed by atoms with E-state index in [-0.39, 0.29) is 18.7 Å². The molecule has 0 fully saturated rings. The van der Waals surface area contributed by atoms with Gasteiger partial charge in [-0.15, -0.1) is 0 Å². The summed E-state index contributed by atoms with van der Waals surface area (Å²) in [5, 5.41) is 21.7. The summed E-state index contributed by atoms with van der Waals surface area (Å²) in [5.74, 6) is -1.12. The van der Waals surface area contributed by atoms with Crippen molar-refractivity contribution in [1.29, 1.82) is 0 Å². The average molecular weight is 234 g/mol. The molecule has 0 saturated carbocycles. The first-order valence-electron chi connectivity index (χ1n) is 4.90. The first-order valence-corrected chi connectivity index (χ1v) is 4.90. The Morgan fingerprint density at radius 3 is 2.65 bits per heavy atom.